The summed E-state index contributed by atoms with van der Waals surface area (Å²) in [7, 11) is 1.55. The Bertz CT molecular complexity index is 891. The predicted molar refractivity (Wildman–Crippen MR) is 113 cm³/mol. The lowest BCUT2D eigenvalue weighted by Crippen LogP contribution is -2.28. The number of carbonyl (C=O) groups excluding carboxylic acids is 3. The third kappa shape index (κ3) is 7.36. The number of benzene rings is 2. The Labute approximate surface area is 182 Å². The number of methoxy groups -OCH3 is 1. The Morgan fingerprint density at radius 2 is 1.83 bits per heavy atom. The standard InChI is InChI=1S/C20H19Cl2NO5S/c1-27-9-8-23-19(25)12-29-18-5-3-2-4-14(18)20(26)28-11-17(24)13-6-7-15(21)16(22)10-13/h2-7,10H,8-9,11-12H2,1H3,(H,23,25). The van der Waals surface area contributed by atoms with Crippen molar-refractivity contribution < 1.29 is 23.9 Å². The molecule has 0 atom stereocenters. The first kappa shape index (κ1) is 23.2. The van der Waals surface area contributed by atoms with Gasteiger partial charge in [-0.25, -0.2) is 4.79 Å². The van der Waals surface area contributed by atoms with Gasteiger partial charge in [0, 0.05) is 24.1 Å². The van der Waals surface area contributed by atoms with Gasteiger partial charge < -0.3 is 14.8 Å². The minimum atomic E-state index is -0.652. The van der Waals surface area contributed by atoms with Crippen LogP contribution in [0.15, 0.2) is 47.4 Å². The molecule has 0 heterocycles. The monoisotopic (exact) mass is 455 g/mol. The number of hydrogen-bond donors (Lipinski definition) is 1. The Hall–Kier alpha value is -2.06. The van der Waals surface area contributed by atoms with Crippen LogP contribution < -0.4 is 5.32 Å². The second-order valence-corrected chi connectivity index (χ2v) is 7.59. The fourth-order valence-electron chi connectivity index (χ4n) is 2.21. The van der Waals surface area contributed by atoms with Gasteiger partial charge in [0.1, 0.15) is 0 Å². The Kier molecular flexibility index (Phi) is 9.47. The van der Waals surface area contributed by atoms with E-state index in [0.717, 1.165) is 0 Å². The molecule has 0 aromatic heterocycles. The molecule has 0 fully saturated rings. The van der Waals surface area contributed by atoms with Gasteiger partial charge >= 0.3 is 5.97 Å². The number of carbonyl (C=O) groups is 3. The summed E-state index contributed by atoms with van der Waals surface area (Å²) in [5, 5.41) is 3.28. The van der Waals surface area contributed by atoms with Gasteiger partial charge in [-0.1, -0.05) is 35.3 Å². The van der Waals surface area contributed by atoms with Gasteiger partial charge in [-0.2, -0.15) is 0 Å². The fourth-order valence-corrected chi connectivity index (χ4v) is 3.38. The molecule has 0 aliphatic rings. The van der Waals surface area contributed by atoms with Crippen LogP contribution in [0.5, 0.6) is 0 Å². The van der Waals surface area contributed by atoms with Gasteiger partial charge in [-0.05, 0) is 30.3 Å². The molecule has 0 saturated carbocycles. The lowest BCUT2D eigenvalue weighted by atomic mass is 10.1. The molecule has 2 rings (SSSR count). The van der Waals surface area contributed by atoms with Crippen molar-refractivity contribution in [1.82, 2.24) is 5.32 Å². The summed E-state index contributed by atoms with van der Waals surface area (Å²) in [5.74, 6) is -1.10. The van der Waals surface area contributed by atoms with Crippen LogP contribution in [0, 0.1) is 0 Å². The van der Waals surface area contributed by atoms with E-state index in [1.807, 2.05) is 0 Å². The van der Waals surface area contributed by atoms with Crippen molar-refractivity contribution in [2.45, 2.75) is 4.90 Å². The number of thioether (sulfide) groups is 1. The fraction of sp³-hybridized carbons (Fsp3) is 0.250. The Balaban J connectivity index is 1.94. The van der Waals surface area contributed by atoms with E-state index < -0.39 is 18.4 Å². The molecular formula is C20H19Cl2NO5S. The van der Waals surface area contributed by atoms with Crippen molar-refractivity contribution in [2.24, 2.45) is 0 Å². The van der Waals surface area contributed by atoms with Gasteiger partial charge in [-0.15, -0.1) is 11.8 Å². The zero-order valence-corrected chi connectivity index (χ0v) is 17.9. The van der Waals surface area contributed by atoms with Crippen molar-refractivity contribution in [3.63, 3.8) is 0 Å². The summed E-state index contributed by atoms with van der Waals surface area (Å²) >= 11 is 12.9. The van der Waals surface area contributed by atoms with Crippen molar-refractivity contribution in [3.8, 4) is 0 Å². The summed E-state index contributed by atoms with van der Waals surface area (Å²) in [6.07, 6.45) is 0. The highest BCUT2D eigenvalue weighted by atomic mass is 35.5. The normalized spacial score (nSPS) is 10.4. The highest BCUT2D eigenvalue weighted by Gasteiger charge is 2.16. The van der Waals surface area contributed by atoms with E-state index in [-0.39, 0.29) is 22.2 Å². The smallest absolute Gasteiger partial charge is 0.339 e. The highest BCUT2D eigenvalue weighted by Crippen LogP contribution is 2.24. The summed E-state index contributed by atoms with van der Waals surface area (Å²) in [6, 6.07) is 11.2. The molecule has 0 radical (unpaired) electrons. The lowest BCUT2D eigenvalue weighted by molar-refractivity contribution is -0.118. The third-order valence-corrected chi connectivity index (χ3v) is 5.48. The van der Waals surface area contributed by atoms with Crippen molar-refractivity contribution >= 4 is 52.6 Å². The van der Waals surface area contributed by atoms with Gasteiger partial charge in [0.25, 0.3) is 0 Å². The van der Waals surface area contributed by atoms with Crippen molar-refractivity contribution in [1.29, 1.82) is 0 Å². The molecule has 9 heteroatoms. The van der Waals surface area contributed by atoms with Gasteiger partial charge in [0.15, 0.2) is 12.4 Å². The quantitative estimate of drug-likeness (QED) is 0.253. The zero-order valence-electron chi connectivity index (χ0n) is 15.6. The minimum Gasteiger partial charge on any atom is -0.454 e. The number of amides is 1. The summed E-state index contributed by atoms with van der Waals surface area (Å²) in [5.41, 5.74) is 0.576. The molecule has 0 spiro atoms. The molecule has 29 heavy (non-hydrogen) atoms. The van der Waals surface area contributed by atoms with Crippen molar-refractivity contribution in [2.75, 3.05) is 32.6 Å². The SMILES string of the molecule is COCCNC(=O)CSc1ccccc1C(=O)OCC(=O)c1ccc(Cl)c(Cl)c1. The molecule has 6 nitrogen and oxygen atoms in total. The summed E-state index contributed by atoms with van der Waals surface area (Å²) in [4.78, 5) is 37.1. The van der Waals surface area contributed by atoms with Crippen LogP contribution in [0.25, 0.3) is 0 Å². The Morgan fingerprint density at radius 3 is 2.55 bits per heavy atom. The second-order valence-electron chi connectivity index (χ2n) is 5.76. The van der Waals surface area contributed by atoms with Gasteiger partial charge in [0.05, 0.1) is 28.0 Å². The molecule has 0 aliphatic heterocycles. The minimum absolute atomic E-state index is 0.135. The first-order valence-electron chi connectivity index (χ1n) is 8.55. The number of ketones is 1. The van der Waals surface area contributed by atoms with Crippen LogP contribution in [0.2, 0.25) is 10.0 Å². The van der Waals surface area contributed by atoms with Gasteiger partial charge in [0.2, 0.25) is 5.91 Å². The Morgan fingerprint density at radius 1 is 1.07 bits per heavy atom. The van der Waals surface area contributed by atoms with E-state index in [1.54, 1.807) is 31.4 Å². The van der Waals surface area contributed by atoms with E-state index in [1.165, 1.54) is 30.0 Å². The van der Waals surface area contributed by atoms with Crippen LogP contribution in [0.4, 0.5) is 0 Å². The number of nitrogens with one attached hydrogen (secondary N) is 1. The lowest BCUT2D eigenvalue weighted by Gasteiger charge is -2.10. The maximum atomic E-state index is 12.4. The molecule has 0 unspecified atom stereocenters. The van der Waals surface area contributed by atoms with Crippen molar-refractivity contribution in [3.05, 3.63) is 63.6 Å². The number of esters is 1. The molecule has 0 aliphatic carbocycles. The molecule has 1 amide bonds. The molecular weight excluding hydrogens is 437 g/mol. The maximum Gasteiger partial charge on any atom is 0.339 e. The molecule has 2 aromatic rings. The summed E-state index contributed by atoms with van der Waals surface area (Å²) in [6.45, 7) is 0.399. The number of hydrogen-bond acceptors (Lipinski definition) is 6. The number of Topliss-reactive ketones (excluding diaryl/α,β-unsaturated/α-hetero) is 1. The van der Waals surface area contributed by atoms with Gasteiger partial charge in [-0.3, -0.25) is 9.59 Å². The average molecular weight is 456 g/mol. The van der Waals surface area contributed by atoms with Crippen LogP contribution >= 0.6 is 35.0 Å². The molecule has 0 bridgehead atoms. The van der Waals surface area contributed by atoms with Crippen LogP contribution in [0.1, 0.15) is 20.7 Å². The molecule has 0 saturated heterocycles. The largest absolute Gasteiger partial charge is 0.454 e. The highest BCUT2D eigenvalue weighted by molar-refractivity contribution is 8.00. The number of ether oxygens (including phenoxy) is 2. The van der Waals surface area contributed by atoms with Crippen LogP contribution in [-0.2, 0) is 14.3 Å². The third-order valence-electron chi connectivity index (χ3n) is 3.67. The number of halogens is 2. The van der Waals surface area contributed by atoms with Crippen LogP contribution in [-0.4, -0.2) is 50.3 Å². The first-order valence-corrected chi connectivity index (χ1v) is 10.3. The molecule has 1 N–H and O–H groups in total. The van der Waals surface area contributed by atoms with E-state index in [4.69, 9.17) is 32.7 Å². The number of rotatable bonds is 10. The van der Waals surface area contributed by atoms with E-state index in [9.17, 15) is 14.4 Å². The molecule has 2 aromatic carbocycles. The first-order chi connectivity index (χ1) is 13.9. The topological polar surface area (TPSA) is 81.7 Å². The van der Waals surface area contributed by atoms with E-state index >= 15 is 0 Å². The predicted octanol–water partition coefficient (Wildman–Crippen LogP) is 3.89. The summed E-state index contributed by atoms with van der Waals surface area (Å²) < 4.78 is 10.0. The second kappa shape index (κ2) is 11.8. The zero-order chi connectivity index (χ0) is 21.2. The van der Waals surface area contributed by atoms with Crippen LogP contribution in [0.3, 0.4) is 0 Å². The maximum absolute atomic E-state index is 12.4. The van der Waals surface area contributed by atoms with E-state index in [0.29, 0.717) is 28.6 Å². The average Bonchev–Trinajstić information content (AvgIpc) is 2.72. The van der Waals surface area contributed by atoms with E-state index in [2.05, 4.69) is 5.32 Å². The molecule has 154 valence electrons.